The van der Waals surface area contributed by atoms with E-state index in [0.29, 0.717) is 6.04 Å². The van der Waals surface area contributed by atoms with Gasteiger partial charge in [-0.15, -0.1) is 0 Å². The average molecular weight is 361 g/mol. The van der Waals surface area contributed by atoms with Gasteiger partial charge in [0.25, 0.3) is 0 Å². The Kier molecular flexibility index (Phi) is 4.99. The van der Waals surface area contributed by atoms with Crippen LogP contribution in [0.4, 0.5) is 0 Å². The summed E-state index contributed by atoms with van der Waals surface area (Å²) >= 11 is 0. The highest BCUT2D eigenvalue weighted by Crippen LogP contribution is 2.33. The lowest BCUT2D eigenvalue weighted by atomic mass is 10.00. The van der Waals surface area contributed by atoms with Crippen LogP contribution in [0.25, 0.3) is 11.3 Å². The van der Waals surface area contributed by atoms with Gasteiger partial charge >= 0.3 is 0 Å². The molecule has 4 rings (SSSR count). The van der Waals surface area contributed by atoms with Gasteiger partial charge in [0.1, 0.15) is 5.75 Å². The molecule has 4 nitrogen and oxygen atoms in total. The largest absolute Gasteiger partial charge is 0.497 e. The molecule has 0 saturated carbocycles. The fourth-order valence-electron chi connectivity index (χ4n) is 3.89. The highest BCUT2D eigenvalue weighted by molar-refractivity contribution is 5.65. The summed E-state index contributed by atoms with van der Waals surface area (Å²) in [6.07, 6.45) is 1.05. The average Bonchev–Trinajstić information content (AvgIpc) is 3.08. The number of methoxy groups -OCH3 is 1. The topological polar surface area (TPSA) is 30.3 Å². The van der Waals surface area contributed by atoms with Crippen molar-refractivity contribution in [1.29, 1.82) is 0 Å². The standard InChI is InChI=1S/C23H27N3O/c1-17(2)26-22-13-14-25(15-18-7-5-4-6-8-18)16-21(22)23(24-26)19-9-11-20(27-3)12-10-19/h4-12,17H,13-16H2,1-3H3. The molecular formula is C23H27N3O. The molecule has 0 radical (unpaired) electrons. The Morgan fingerprint density at radius 2 is 1.78 bits per heavy atom. The minimum absolute atomic E-state index is 0.367. The van der Waals surface area contributed by atoms with Gasteiger partial charge in [0.15, 0.2) is 0 Å². The molecule has 0 saturated heterocycles. The van der Waals surface area contributed by atoms with Gasteiger partial charge in [0.2, 0.25) is 0 Å². The normalized spacial score (nSPS) is 14.4. The lowest BCUT2D eigenvalue weighted by Crippen LogP contribution is -2.31. The lowest BCUT2D eigenvalue weighted by molar-refractivity contribution is 0.241. The van der Waals surface area contributed by atoms with Gasteiger partial charge in [-0.2, -0.15) is 5.10 Å². The maximum atomic E-state index is 5.31. The van der Waals surface area contributed by atoms with E-state index in [2.05, 4.69) is 65.9 Å². The summed E-state index contributed by atoms with van der Waals surface area (Å²) in [5, 5.41) is 5.01. The van der Waals surface area contributed by atoms with Crippen molar-refractivity contribution in [2.45, 2.75) is 39.4 Å². The van der Waals surface area contributed by atoms with E-state index >= 15 is 0 Å². The first-order valence-electron chi connectivity index (χ1n) is 9.66. The molecule has 1 aromatic heterocycles. The third-order valence-corrected chi connectivity index (χ3v) is 5.27. The molecule has 4 heteroatoms. The van der Waals surface area contributed by atoms with E-state index in [1.165, 1.54) is 16.8 Å². The molecule has 27 heavy (non-hydrogen) atoms. The van der Waals surface area contributed by atoms with Crippen LogP contribution in [0.1, 0.15) is 36.7 Å². The van der Waals surface area contributed by atoms with Gasteiger partial charge in [-0.1, -0.05) is 30.3 Å². The number of hydrogen-bond donors (Lipinski definition) is 0. The van der Waals surface area contributed by atoms with Gasteiger partial charge in [-0.3, -0.25) is 9.58 Å². The first-order valence-corrected chi connectivity index (χ1v) is 9.66. The van der Waals surface area contributed by atoms with Crippen molar-refractivity contribution in [3.05, 3.63) is 71.4 Å². The summed E-state index contributed by atoms with van der Waals surface area (Å²) in [5.41, 5.74) is 6.39. The minimum atomic E-state index is 0.367. The number of nitrogens with zero attached hydrogens (tertiary/aromatic N) is 3. The molecule has 0 aliphatic carbocycles. The minimum Gasteiger partial charge on any atom is -0.497 e. The summed E-state index contributed by atoms with van der Waals surface area (Å²) < 4.78 is 7.53. The van der Waals surface area contributed by atoms with Crippen LogP contribution in [0.15, 0.2) is 54.6 Å². The highest BCUT2D eigenvalue weighted by atomic mass is 16.5. The summed E-state index contributed by atoms with van der Waals surface area (Å²) in [4.78, 5) is 2.52. The van der Waals surface area contributed by atoms with Crippen LogP contribution in [0.5, 0.6) is 5.75 Å². The summed E-state index contributed by atoms with van der Waals surface area (Å²) in [7, 11) is 1.70. The van der Waals surface area contributed by atoms with Crippen molar-refractivity contribution >= 4 is 0 Å². The molecule has 0 N–H and O–H groups in total. The molecule has 0 unspecified atom stereocenters. The maximum absolute atomic E-state index is 5.31. The van der Waals surface area contributed by atoms with E-state index in [1.807, 2.05) is 12.1 Å². The van der Waals surface area contributed by atoms with Crippen LogP contribution in [0, 0.1) is 0 Å². The van der Waals surface area contributed by atoms with E-state index in [4.69, 9.17) is 9.84 Å². The zero-order valence-corrected chi connectivity index (χ0v) is 16.4. The molecule has 0 bridgehead atoms. The second-order valence-electron chi connectivity index (χ2n) is 7.49. The van der Waals surface area contributed by atoms with Crippen LogP contribution < -0.4 is 4.74 Å². The SMILES string of the molecule is COc1ccc(-c2nn(C(C)C)c3c2CN(Cc2ccccc2)CC3)cc1. The Morgan fingerprint density at radius 1 is 1.04 bits per heavy atom. The number of ether oxygens (including phenoxy) is 1. The summed E-state index contributed by atoms with van der Waals surface area (Å²) in [6.45, 7) is 7.42. The molecule has 2 heterocycles. The molecular weight excluding hydrogens is 334 g/mol. The maximum Gasteiger partial charge on any atom is 0.118 e. The van der Waals surface area contributed by atoms with Gasteiger partial charge in [-0.05, 0) is 43.7 Å². The quantitative estimate of drug-likeness (QED) is 0.660. The Hall–Kier alpha value is -2.59. The fourth-order valence-corrected chi connectivity index (χ4v) is 3.89. The molecule has 1 aliphatic heterocycles. The number of fused-ring (bicyclic) bond motifs is 1. The van der Waals surface area contributed by atoms with Crippen LogP contribution >= 0.6 is 0 Å². The first kappa shape index (κ1) is 17.8. The second kappa shape index (κ2) is 7.57. The van der Waals surface area contributed by atoms with E-state index in [1.54, 1.807) is 7.11 Å². The smallest absolute Gasteiger partial charge is 0.118 e. The summed E-state index contributed by atoms with van der Waals surface area (Å²) in [6, 6.07) is 19.3. The zero-order chi connectivity index (χ0) is 18.8. The Bertz CT molecular complexity index is 897. The number of aromatic nitrogens is 2. The first-order chi connectivity index (χ1) is 13.2. The fraction of sp³-hybridized carbons (Fsp3) is 0.348. The molecule has 140 valence electrons. The molecule has 3 aromatic rings. The Balaban J connectivity index is 1.67. The predicted octanol–water partition coefficient (Wildman–Crippen LogP) is 4.70. The van der Waals surface area contributed by atoms with E-state index in [0.717, 1.165) is 43.1 Å². The molecule has 2 aromatic carbocycles. The Labute approximate surface area is 161 Å². The van der Waals surface area contributed by atoms with Crippen LogP contribution in [0.3, 0.4) is 0 Å². The van der Waals surface area contributed by atoms with Crippen molar-refractivity contribution in [3.63, 3.8) is 0 Å². The van der Waals surface area contributed by atoms with Crippen LogP contribution in [-0.2, 0) is 19.5 Å². The third kappa shape index (κ3) is 3.62. The Morgan fingerprint density at radius 3 is 2.44 bits per heavy atom. The molecule has 1 aliphatic rings. The molecule has 0 fully saturated rings. The van der Waals surface area contributed by atoms with Gasteiger partial charge in [0.05, 0.1) is 12.8 Å². The molecule has 0 amide bonds. The van der Waals surface area contributed by atoms with E-state index in [-0.39, 0.29) is 0 Å². The highest BCUT2D eigenvalue weighted by Gasteiger charge is 2.26. The monoisotopic (exact) mass is 361 g/mol. The molecule has 0 atom stereocenters. The zero-order valence-electron chi connectivity index (χ0n) is 16.4. The predicted molar refractivity (Wildman–Crippen MR) is 109 cm³/mol. The second-order valence-corrected chi connectivity index (χ2v) is 7.49. The van der Waals surface area contributed by atoms with Crippen molar-refractivity contribution in [2.75, 3.05) is 13.7 Å². The number of benzene rings is 2. The van der Waals surface area contributed by atoms with Crippen molar-refractivity contribution in [2.24, 2.45) is 0 Å². The molecule has 0 spiro atoms. The van der Waals surface area contributed by atoms with E-state index in [9.17, 15) is 0 Å². The third-order valence-electron chi connectivity index (χ3n) is 5.27. The van der Waals surface area contributed by atoms with Crippen LogP contribution in [-0.4, -0.2) is 28.3 Å². The lowest BCUT2D eigenvalue weighted by Gasteiger charge is -2.28. The number of hydrogen-bond acceptors (Lipinski definition) is 3. The van der Waals surface area contributed by atoms with Gasteiger partial charge < -0.3 is 4.74 Å². The van der Waals surface area contributed by atoms with Crippen molar-refractivity contribution in [3.8, 4) is 17.0 Å². The van der Waals surface area contributed by atoms with E-state index < -0.39 is 0 Å². The summed E-state index contributed by atoms with van der Waals surface area (Å²) in [5.74, 6) is 0.876. The van der Waals surface area contributed by atoms with Gasteiger partial charge in [0, 0.05) is 48.9 Å². The van der Waals surface area contributed by atoms with Crippen molar-refractivity contribution < 1.29 is 4.74 Å². The van der Waals surface area contributed by atoms with Crippen molar-refractivity contribution in [1.82, 2.24) is 14.7 Å². The number of rotatable bonds is 5. The van der Waals surface area contributed by atoms with Crippen LogP contribution in [0.2, 0.25) is 0 Å². The van der Waals surface area contributed by atoms with Gasteiger partial charge in [-0.25, -0.2) is 0 Å².